The van der Waals surface area contributed by atoms with Crippen molar-refractivity contribution in [1.29, 1.82) is 0 Å². The van der Waals surface area contributed by atoms with Crippen molar-refractivity contribution in [3.05, 3.63) is 24.3 Å². The van der Waals surface area contributed by atoms with E-state index in [0.717, 1.165) is 24.1 Å². The van der Waals surface area contributed by atoms with E-state index in [1.807, 2.05) is 24.3 Å². The van der Waals surface area contributed by atoms with E-state index in [2.05, 4.69) is 19.2 Å². The first-order valence-electron chi connectivity index (χ1n) is 7.85. The van der Waals surface area contributed by atoms with Gasteiger partial charge in [-0.15, -0.1) is 0 Å². The number of carbonyl (C=O) groups excluding carboxylic acids is 1. The number of methoxy groups -OCH3 is 1. The van der Waals surface area contributed by atoms with Crippen LogP contribution in [-0.4, -0.2) is 32.7 Å². The monoisotopic (exact) mass is 291 g/mol. The Kier molecular flexibility index (Phi) is 5.62. The molecule has 1 fully saturated rings. The number of piperidine rings is 1. The third-order valence-corrected chi connectivity index (χ3v) is 4.17. The van der Waals surface area contributed by atoms with Crippen LogP contribution in [0.4, 0.5) is 5.69 Å². The highest BCUT2D eigenvalue weighted by Crippen LogP contribution is 2.22. The van der Waals surface area contributed by atoms with Crippen LogP contribution in [0.25, 0.3) is 0 Å². The van der Waals surface area contributed by atoms with Crippen molar-refractivity contribution in [3.8, 4) is 5.75 Å². The quantitative estimate of drug-likeness (QED) is 0.865. The Labute approximate surface area is 127 Å². The van der Waals surface area contributed by atoms with Gasteiger partial charge in [-0.1, -0.05) is 26.0 Å². The van der Waals surface area contributed by atoms with Crippen molar-refractivity contribution in [2.24, 2.45) is 11.8 Å². The van der Waals surface area contributed by atoms with Gasteiger partial charge in [-0.2, -0.15) is 0 Å². The fraction of sp³-hybridized carbons (Fsp3) is 0.588. The van der Waals surface area contributed by atoms with Crippen LogP contribution in [0.1, 0.15) is 26.7 Å². The highest BCUT2D eigenvalue weighted by atomic mass is 16.5. The van der Waals surface area contributed by atoms with Crippen LogP contribution in [0.5, 0.6) is 5.75 Å². The van der Waals surface area contributed by atoms with E-state index in [1.54, 1.807) is 12.0 Å². The molecule has 21 heavy (non-hydrogen) atoms. The van der Waals surface area contributed by atoms with Crippen molar-refractivity contribution >= 4 is 11.6 Å². The molecule has 0 radical (unpaired) electrons. The second-order valence-electron chi connectivity index (χ2n) is 6.35. The van der Waals surface area contributed by atoms with Crippen molar-refractivity contribution in [2.45, 2.75) is 26.7 Å². The number of carbonyl (C=O) groups is 1. The minimum atomic E-state index is 0.0675. The number of ether oxygens (including phenoxy) is 1. The average molecular weight is 291 g/mol. The zero-order valence-corrected chi connectivity index (χ0v) is 13.3. The Morgan fingerprint density at radius 3 is 2.62 bits per heavy atom. The molecule has 1 amide bonds. The van der Waals surface area contributed by atoms with Gasteiger partial charge >= 0.3 is 0 Å². The minimum absolute atomic E-state index is 0.0675. The Morgan fingerprint density at radius 1 is 1.29 bits per heavy atom. The Hall–Kier alpha value is -1.55. The summed E-state index contributed by atoms with van der Waals surface area (Å²) in [6.07, 6.45) is 1.88. The molecule has 116 valence electrons. The van der Waals surface area contributed by atoms with E-state index in [9.17, 15) is 4.79 Å². The van der Waals surface area contributed by atoms with Gasteiger partial charge in [0.25, 0.3) is 0 Å². The number of hydrogen-bond acceptors (Lipinski definition) is 2. The van der Waals surface area contributed by atoms with E-state index >= 15 is 0 Å². The predicted molar refractivity (Wildman–Crippen MR) is 84.7 cm³/mol. The number of likely N-dealkylation sites (tertiary alicyclic amines) is 1. The number of benzene rings is 1. The highest BCUT2D eigenvalue weighted by Gasteiger charge is 2.25. The lowest BCUT2D eigenvalue weighted by Crippen LogP contribution is -3.14. The number of amides is 1. The standard InChI is InChI=1S/C17H26N2O2/c1-13-10-14(2)12-19(11-13)9-8-17(20)18-15-6-4-5-7-16(15)21-3/h4-7,13-14H,8-12H2,1-3H3,(H,18,20)/p+1/t13-,14+. The van der Waals surface area contributed by atoms with Crippen LogP contribution in [-0.2, 0) is 4.79 Å². The van der Waals surface area contributed by atoms with E-state index in [1.165, 1.54) is 19.5 Å². The lowest BCUT2D eigenvalue weighted by atomic mass is 9.92. The van der Waals surface area contributed by atoms with Gasteiger partial charge in [-0.05, 0) is 18.6 Å². The zero-order chi connectivity index (χ0) is 15.2. The smallest absolute Gasteiger partial charge is 0.230 e. The second-order valence-corrected chi connectivity index (χ2v) is 6.35. The first-order chi connectivity index (χ1) is 10.1. The highest BCUT2D eigenvalue weighted by molar-refractivity contribution is 5.92. The number of quaternary nitrogens is 1. The summed E-state index contributed by atoms with van der Waals surface area (Å²) in [5.41, 5.74) is 0.750. The van der Waals surface area contributed by atoms with Crippen molar-refractivity contribution in [3.63, 3.8) is 0 Å². The van der Waals surface area contributed by atoms with Gasteiger partial charge in [0.15, 0.2) is 0 Å². The molecule has 0 saturated carbocycles. The lowest BCUT2D eigenvalue weighted by Gasteiger charge is -2.31. The SMILES string of the molecule is COc1ccccc1NC(=O)CC[NH+]1C[C@H](C)C[C@H](C)C1. The van der Waals surface area contributed by atoms with Crippen molar-refractivity contribution < 1.29 is 14.4 Å². The molecule has 4 heteroatoms. The first kappa shape index (κ1) is 15.8. The molecular formula is C17H27N2O2+. The van der Waals surface area contributed by atoms with E-state index < -0.39 is 0 Å². The van der Waals surface area contributed by atoms with Crippen molar-refractivity contribution in [1.82, 2.24) is 0 Å². The third-order valence-electron chi connectivity index (χ3n) is 4.17. The van der Waals surface area contributed by atoms with E-state index in [-0.39, 0.29) is 5.91 Å². The van der Waals surface area contributed by atoms with Gasteiger partial charge in [-0.25, -0.2) is 0 Å². The fourth-order valence-corrected chi connectivity index (χ4v) is 3.38. The van der Waals surface area contributed by atoms with E-state index in [4.69, 9.17) is 4.74 Å². The van der Waals surface area contributed by atoms with E-state index in [0.29, 0.717) is 12.2 Å². The Bertz CT molecular complexity index is 466. The maximum absolute atomic E-state index is 12.1. The zero-order valence-electron chi connectivity index (χ0n) is 13.3. The van der Waals surface area contributed by atoms with Gasteiger partial charge in [0.2, 0.25) is 5.91 Å². The molecule has 0 spiro atoms. The van der Waals surface area contributed by atoms with Crippen LogP contribution >= 0.6 is 0 Å². The number of nitrogens with one attached hydrogen (secondary N) is 2. The maximum Gasteiger partial charge on any atom is 0.230 e. The molecule has 1 unspecified atom stereocenters. The van der Waals surface area contributed by atoms with Gasteiger partial charge in [-0.3, -0.25) is 4.79 Å². The first-order valence-corrected chi connectivity index (χ1v) is 7.85. The molecule has 2 N–H and O–H groups in total. The Balaban J connectivity index is 1.82. The summed E-state index contributed by atoms with van der Waals surface area (Å²) in [6, 6.07) is 7.52. The summed E-state index contributed by atoms with van der Waals surface area (Å²) in [6.45, 7) is 7.91. The normalized spacial score (nSPS) is 25.4. The number of hydrogen-bond donors (Lipinski definition) is 2. The molecule has 0 aliphatic carbocycles. The molecule has 1 heterocycles. The summed E-state index contributed by atoms with van der Waals surface area (Å²) in [5, 5.41) is 2.95. The molecule has 0 bridgehead atoms. The van der Waals surface area contributed by atoms with Crippen molar-refractivity contribution in [2.75, 3.05) is 32.1 Å². The largest absolute Gasteiger partial charge is 0.495 e. The second kappa shape index (κ2) is 7.46. The summed E-state index contributed by atoms with van der Waals surface area (Å²) in [7, 11) is 1.62. The van der Waals surface area contributed by atoms with Crippen LogP contribution in [0.3, 0.4) is 0 Å². The Morgan fingerprint density at radius 2 is 1.95 bits per heavy atom. The number of para-hydroxylation sites is 2. The molecule has 2 rings (SSSR count). The van der Waals surface area contributed by atoms with Crippen LogP contribution in [0.2, 0.25) is 0 Å². The molecule has 1 aliphatic rings. The molecule has 4 nitrogen and oxygen atoms in total. The summed E-state index contributed by atoms with van der Waals surface area (Å²) in [5.74, 6) is 2.30. The molecule has 1 aliphatic heterocycles. The summed E-state index contributed by atoms with van der Waals surface area (Å²) < 4.78 is 5.25. The summed E-state index contributed by atoms with van der Waals surface area (Å²) in [4.78, 5) is 13.7. The van der Waals surface area contributed by atoms with Crippen LogP contribution in [0, 0.1) is 11.8 Å². The lowest BCUT2D eigenvalue weighted by molar-refractivity contribution is -0.911. The number of rotatable bonds is 5. The molecule has 3 atom stereocenters. The van der Waals surface area contributed by atoms with Gasteiger partial charge in [0.05, 0.1) is 38.9 Å². The molecular weight excluding hydrogens is 264 g/mol. The van der Waals surface area contributed by atoms with Gasteiger partial charge < -0.3 is 15.0 Å². The number of anilines is 1. The fourth-order valence-electron chi connectivity index (χ4n) is 3.38. The third kappa shape index (κ3) is 4.74. The minimum Gasteiger partial charge on any atom is -0.495 e. The van der Waals surface area contributed by atoms with Gasteiger partial charge in [0.1, 0.15) is 5.75 Å². The molecule has 0 aromatic heterocycles. The summed E-state index contributed by atoms with van der Waals surface area (Å²) >= 11 is 0. The van der Waals surface area contributed by atoms with Crippen LogP contribution < -0.4 is 15.0 Å². The van der Waals surface area contributed by atoms with Gasteiger partial charge in [0, 0.05) is 11.8 Å². The maximum atomic E-state index is 12.1. The predicted octanol–water partition coefficient (Wildman–Crippen LogP) is 1.58. The molecule has 1 aromatic rings. The topological polar surface area (TPSA) is 42.8 Å². The van der Waals surface area contributed by atoms with Crippen LogP contribution in [0.15, 0.2) is 24.3 Å². The molecule has 1 saturated heterocycles. The average Bonchev–Trinajstić information content (AvgIpc) is 2.45. The molecule has 1 aromatic carbocycles.